The van der Waals surface area contributed by atoms with Crippen molar-refractivity contribution in [2.24, 2.45) is 0 Å². The minimum absolute atomic E-state index is 0.229. The quantitative estimate of drug-likeness (QED) is 0.317. The number of benzene rings is 3. The standard InChI is InChI=1S/C28H25Cl2N3O2/c1-17-25(27(32-35-17)26-21(29)11-7-12-22(26)30)28(34)31-23-13-6-4-9-19(23)16-24-20-10-5-3-8-18(20)14-15-33(24)2/h3-13,24H,14-16H2,1-2H3,(H,31,34)/t24-/m0/s1. The Bertz CT molecular complexity index is 1380. The lowest BCUT2D eigenvalue weighted by Crippen LogP contribution is -2.33. The van der Waals surface area contributed by atoms with Gasteiger partial charge in [-0.1, -0.05) is 76.9 Å². The van der Waals surface area contributed by atoms with Gasteiger partial charge in [-0.3, -0.25) is 9.69 Å². The minimum atomic E-state index is -0.320. The average molecular weight is 506 g/mol. The molecule has 1 aromatic heterocycles. The van der Waals surface area contributed by atoms with Crippen LogP contribution in [0, 0.1) is 6.92 Å². The van der Waals surface area contributed by atoms with Crippen molar-refractivity contribution in [3.05, 3.63) is 105 Å². The second-order valence-corrected chi connectivity index (χ2v) is 9.63. The van der Waals surface area contributed by atoms with E-state index in [0.717, 1.165) is 30.6 Å². The maximum atomic E-state index is 13.5. The van der Waals surface area contributed by atoms with Crippen LogP contribution in [0.3, 0.4) is 0 Å². The highest BCUT2D eigenvalue weighted by Gasteiger charge is 2.27. The molecule has 0 saturated carbocycles. The van der Waals surface area contributed by atoms with Gasteiger partial charge >= 0.3 is 0 Å². The molecule has 178 valence electrons. The Labute approximate surface area is 214 Å². The van der Waals surface area contributed by atoms with Crippen molar-refractivity contribution in [1.29, 1.82) is 0 Å². The summed E-state index contributed by atoms with van der Waals surface area (Å²) in [5.74, 6) is 0.0755. The van der Waals surface area contributed by atoms with E-state index in [1.807, 2.05) is 18.2 Å². The molecule has 4 aromatic rings. The number of rotatable bonds is 5. The van der Waals surface area contributed by atoms with Crippen molar-refractivity contribution in [3.63, 3.8) is 0 Å². The van der Waals surface area contributed by atoms with Crippen LogP contribution in [-0.2, 0) is 12.8 Å². The first-order chi connectivity index (χ1) is 16.9. The molecule has 0 aliphatic carbocycles. The molecule has 0 radical (unpaired) electrons. The summed E-state index contributed by atoms with van der Waals surface area (Å²) in [6.07, 6.45) is 1.82. The lowest BCUT2D eigenvalue weighted by atomic mass is 9.88. The van der Waals surface area contributed by atoms with Crippen molar-refractivity contribution in [2.75, 3.05) is 18.9 Å². The predicted molar refractivity (Wildman–Crippen MR) is 140 cm³/mol. The van der Waals surface area contributed by atoms with E-state index in [1.54, 1.807) is 25.1 Å². The molecule has 0 spiro atoms. The van der Waals surface area contributed by atoms with E-state index < -0.39 is 0 Å². The number of para-hydroxylation sites is 1. The van der Waals surface area contributed by atoms with Crippen LogP contribution >= 0.6 is 23.2 Å². The van der Waals surface area contributed by atoms with Crippen molar-refractivity contribution < 1.29 is 9.32 Å². The van der Waals surface area contributed by atoms with E-state index in [4.69, 9.17) is 27.7 Å². The zero-order valence-electron chi connectivity index (χ0n) is 19.5. The maximum Gasteiger partial charge on any atom is 0.261 e. The third-order valence-corrected chi connectivity index (χ3v) is 7.28. The molecule has 0 saturated heterocycles. The first-order valence-electron chi connectivity index (χ1n) is 11.5. The van der Waals surface area contributed by atoms with Crippen molar-refractivity contribution in [3.8, 4) is 11.3 Å². The second kappa shape index (κ2) is 9.86. The number of fused-ring (bicyclic) bond motifs is 1. The molecule has 1 N–H and O–H groups in total. The summed E-state index contributed by atoms with van der Waals surface area (Å²) in [5.41, 5.74) is 5.66. The number of carbonyl (C=O) groups excluding carboxylic acids is 1. The monoisotopic (exact) mass is 505 g/mol. The van der Waals surface area contributed by atoms with Gasteiger partial charge in [-0.15, -0.1) is 0 Å². The molecule has 35 heavy (non-hydrogen) atoms. The molecular formula is C28H25Cl2N3O2. The predicted octanol–water partition coefficient (Wildman–Crippen LogP) is 6.98. The largest absolute Gasteiger partial charge is 0.360 e. The highest BCUT2D eigenvalue weighted by molar-refractivity contribution is 6.39. The molecule has 0 fully saturated rings. The number of nitrogens with one attached hydrogen (secondary N) is 1. The van der Waals surface area contributed by atoms with Gasteiger partial charge in [0.1, 0.15) is 17.0 Å². The number of aryl methyl sites for hydroxylation is 1. The van der Waals surface area contributed by atoms with Crippen LogP contribution in [0.15, 0.2) is 71.3 Å². The van der Waals surface area contributed by atoms with Gasteiger partial charge in [0.2, 0.25) is 0 Å². The Balaban J connectivity index is 1.46. The first kappa shape index (κ1) is 23.6. The average Bonchev–Trinajstić information content (AvgIpc) is 3.23. The van der Waals surface area contributed by atoms with E-state index in [9.17, 15) is 4.79 Å². The van der Waals surface area contributed by atoms with Crippen molar-refractivity contribution >= 4 is 34.8 Å². The molecule has 0 bridgehead atoms. The Morgan fingerprint density at radius 2 is 1.77 bits per heavy atom. The van der Waals surface area contributed by atoms with Gasteiger partial charge in [0.15, 0.2) is 0 Å². The van der Waals surface area contributed by atoms with Gasteiger partial charge in [0.05, 0.1) is 10.0 Å². The fraction of sp³-hybridized carbons (Fsp3) is 0.214. The second-order valence-electron chi connectivity index (χ2n) is 8.82. The van der Waals surface area contributed by atoms with Crippen LogP contribution in [-0.4, -0.2) is 29.6 Å². The van der Waals surface area contributed by atoms with Gasteiger partial charge < -0.3 is 9.84 Å². The van der Waals surface area contributed by atoms with Crippen molar-refractivity contribution in [1.82, 2.24) is 10.1 Å². The number of hydrogen-bond acceptors (Lipinski definition) is 4. The Morgan fingerprint density at radius 1 is 1.06 bits per heavy atom. The number of carbonyl (C=O) groups is 1. The zero-order valence-corrected chi connectivity index (χ0v) is 21.0. The fourth-order valence-electron chi connectivity index (χ4n) is 4.79. The molecule has 2 heterocycles. The summed E-state index contributed by atoms with van der Waals surface area (Å²) in [7, 11) is 2.15. The number of nitrogens with zero attached hydrogens (tertiary/aromatic N) is 2. The summed E-state index contributed by atoms with van der Waals surface area (Å²) in [5, 5.41) is 8.00. The van der Waals surface area contributed by atoms with Crippen LogP contribution in [0.25, 0.3) is 11.3 Å². The number of amides is 1. The number of hydrogen-bond donors (Lipinski definition) is 1. The van der Waals surface area contributed by atoms with Crippen LogP contribution < -0.4 is 5.32 Å². The Morgan fingerprint density at radius 3 is 2.57 bits per heavy atom. The molecule has 5 nitrogen and oxygen atoms in total. The van der Waals surface area contributed by atoms with E-state index >= 15 is 0 Å². The van der Waals surface area contributed by atoms with Gasteiger partial charge in [-0.05, 0) is 61.7 Å². The number of halogens is 2. The Hall–Kier alpha value is -3.12. The Kier molecular flexibility index (Phi) is 6.65. The maximum absolute atomic E-state index is 13.5. The normalized spacial score (nSPS) is 15.6. The van der Waals surface area contributed by atoms with Gasteiger partial charge in [0.25, 0.3) is 5.91 Å². The minimum Gasteiger partial charge on any atom is -0.360 e. The van der Waals surface area contributed by atoms with Crippen molar-refractivity contribution in [2.45, 2.75) is 25.8 Å². The summed E-state index contributed by atoms with van der Waals surface area (Å²) in [6, 6.07) is 21.9. The lowest BCUT2D eigenvalue weighted by molar-refractivity contribution is 0.102. The van der Waals surface area contributed by atoms with Crippen LogP contribution in [0.2, 0.25) is 10.0 Å². The third kappa shape index (κ3) is 4.59. The van der Waals surface area contributed by atoms with E-state index in [1.165, 1.54) is 11.1 Å². The van der Waals surface area contributed by atoms with Gasteiger partial charge in [-0.25, -0.2) is 0 Å². The van der Waals surface area contributed by atoms with Crippen LogP contribution in [0.4, 0.5) is 5.69 Å². The molecule has 1 aliphatic rings. The molecular weight excluding hydrogens is 481 g/mol. The molecule has 3 aromatic carbocycles. The third-order valence-electron chi connectivity index (χ3n) is 6.65. The van der Waals surface area contributed by atoms with E-state index in [2.05, 4.69) is 52.8 Å². The molecule has 1 amide bonds. The topological polar surface area (TPSA) is 58.4 Å². The number of likely N-dealkylation sites (N-methyl/N-ethyl adjacent to an activating group) is 1. The smallest absolute Gasteiger partial charge is 0.261 e. The summed E-state index contributed by atoms with van der Waals surface area (Å²) < 4.78 is 5.39. The molecule has 1 atom stereocenters. The molecule has 7 heteroatoms. The lowest BCUT2D eigenvalue weighted by Gasteiger charge is -2.35. The first-order valence-corrected chi connectivity index (χ1v) is 12.3. The van der Waals surface area contributed by atoms with E-state index in [0.29, 0.717) is 32.6 Å². The number of anilines is 1. The van der Waals surface area contributed by atoms with Crippen LogP contribution in [0.5, 0.6) is 0 Å². The zero-order chi connectivity index (χ0) is 24.5. The summed E-state index contributed by atoms with van der Waals surface area (Å²) in [6.45, 7) is 2.70. The van der Waals surface area contributed by atoms with Crippen LogP contribution in [0.1, 0.15) is 38.9 Å². The fourth-order valence-corrected chi connectivity index (χ4v) is 5.37. The summed E-state index contributed by atoms with van der Waals surface area (Å²) in [4.78, 5) is 15.9. The molecule has 1 aliphatic heterocycles. The SMILES string of the molecule is Cc1onc(-c2c(Cl)cccc2Cl)c1C(=O)Nc1ccccc1C[C@H]1c2ccccc2CCN1C. The summed E-state index contributed by atoms with van der Waals surface area (Å²) >= 11 is 12.8. The highest BCUT2D eigenvalue weighted by Crippen LogP contribution is 2.37. The highest BCUT2D eigenvalue weighted by atomic mass is 35.5. The van der Waals surface area contributed by atoms with Gasteiger partial charge in [-0.2, -0.15) is 0 Å². The molecule has 0 unspecified atom stereocenters. The van der Waals surface area contributed by atoms with Gasteiger partial charge in [0, 0.05) is 23.8 Å². The van der Waals surface area contributed by atoms with E-state index in [-0.39, 0.29) is 11.9 Å². The molecule has 5 rings (SSSR count). The number of aromatic nitrogens is 1.